The number of piperidine rings is 1. The maximum atomic E-state index is 13.2. The molecular weight excluding hydrogens is 350 g/mol. The summed E-state index contributed by atoms with van der Waals surface area (Å²) in [5.41, 5.74) is 0. The number of hydrogen-bond donors (Lipinski definition) is 0. The summed E-state index contributed by atoms with van der Waals surface area (Å²) in [5.74, 6) is 0. The van der Waals surface area contributed by atoms with Crippen LogP contribution in [0.3, 0.4) is 0 Å². The molecule has 2 aromatic carbocycles. The summed E-state index contributed by atoms with van der Waals surface area (Å²) >= 11 is 0. The van der Waals surface area contributed by atoms with Gasteiger partial charge < -0.3 is 4.74 Å². The first kappa shape index (κ1) is 16.9. The molecule has 1 atom stereocenters. The molecule has 1 fully saturated rings. The van der Waals surface area contributed by atoms with Gasteiger partial charge in [-0.25, -0.2) is 18.4 Å². The summed E-state index contributed by atoms with van der Waals surface area (Å²) in [6.45, 7) is 0.783. The summed E-state index contributed by atoms with van der Waals surface area (Å²) in [6.07, 6.45) is 4.48. The molecule has 1 aliphatic heterocycles. The zero-order valence-electron chi connectivity index (χ0n) is 14.2. The number of fused-ring (bicyclic) bond motifs is 1. The molecular formula is C19H19N3O3S. The Bertz CT molecular complexity index is 1000. The average molecular weight is 369 g/mol. The lowest BCUT2D eigenvalue weighted by atomic mass is 10.1. The Labute approximate surface area is 152 Å². The minimum atomic E-state index is -3.60. The van der Waals surface area contributed by atoms with Crippen LogP contribution < -0.4 is 4.74 Å². The highest BCUT2D eigenvalue weighted by molar-refractivity contribution is 7.89. The summed E-state index contributed by atoms with van der Waals surface area (Å²) in [6, 6.07) is 14.9. The van der Waals surface area contributed by atoms with E-state index in [-0.39, 0.29) is 12.1 Å². The molecule has 0 spiro atoms. The third-order valence-electron chi connectivity index (χ3n) is 4.52. The second-order valence-electron chi connectivity index (χ2n) is 6.25. The first-order chi connectivity index (χ1) is 12.6. The van der Waals surface area contributed by atoms with E-state index in [0.717, 1.165) is 23.6 Å². The zero-order chi connectivity index (χ0) is 18.0. The molecule has 134 valence electrons. The minimum absolute atomic E-state index is 0.254. The van der Waals surface area contributed by atoms with Crippen LogP contribution in [0.15, 0.2) is 65.8 Å². The van der Waals surface area contributed by atoms with Crippen molar-refractivity contribution < 1.29 is 13.2 Å². The lowest BCUT2D eigenvalue weighted by Gasteiger charge is -2.31. The number of nitrogens with zero attached hydrogens (tertiary/aromatic N) is 3. The van der Waals surface area contributed by atoms with Crippen LogP contribution in [0.25, 0.3) is 10.8 Å². The van der Waals surface area contributed by atoms with Gasteiger partial charge in [-0.2, -0.15) is 4.31 Å². The molecule has 1 aliphatic rings. The van der Waals surface area contributed by atoms with Crippen molar-refractivity contribution in [3.05, 3.63) is 60.9 Å². The Morgan fingerprint density at radius 1 is 1.00 bits per heavy atom. The van der Waals surface area contributed by atoms with Gasteiger partial charge in [-0.15, -0.1) is 0 Å². The highest BCUT2D eigenvalue weighted by atomic mass is 32.2. The summed E-state index contributed by atoms with van der Waals surface area (Å²) in [4.78, 5) is 8.46. The van der Waals surface area contributed by atoms with Gasteiger partial charge in [0.25, 0.3) is 0 Å². The van der Waals surface area contributed by atoms with Crippen LogP contribution in [-0.4, -0.2) is 41.9 Å². The molecule has 0 radical (unpaired) electrons. The van der Waals surface area contributed by atoms with Crippen molar-refractivity contribution >= 4 is 20.8 Å². The fourth-order valence-electron chi connectivity index (χ4n) is 3.27. The SMILES string of the molecule is O=S(=O)(c1cccc2ccccc12)N1CCCC(Oc2ncccn2)C1. The smallest absolute Gasteiger partial charge is 0.316 e. The van der Waals surface area contributed by atoms with Gasteiger partial charge in [0.2, 0.25) is 10.0 Å². The van der Waals surface area contributed by atoms with Crippen LogP contribution in [0.4, 0.5) is 0 Å². The van der Waals surface area contributed by atoms with Gasteiger partial charge in [-0.05, 0) is 30.4 Å². The molecule has 0 N–H and O–H groups in total. The van der Waals surface area contributed by atoms with Crippen molar-refractivity contribution in [1.82, 2.24) is 14.3 Å². The number of rotatable bonds is 4. The molecule has 2 heterocycles. The van der Waals surface area contributed by atoms with Gasteiger partial charge in [-0.1, -0.05) is 36.4 Å². The van der Waals surface area contributed by atoms with E-state index in [1.54, 1.807) is 30.6 Å². The molecule has 0 bridgehead atoms. The molecule has 1 aromatic heterocycles. The molecule has 1 saturated heterocycles. The number of sulfonamides is 1. The Hall–Kier alpha value is -2.51. The quantitative estimate of drug-likeness (QED) is 0.707. The van der Waals surface area contributed by atoms with Crippen LogP contribution in [0.2, 0.25) is 0 Å². The lowest BCUT2D eigenvalue weighted by molar-refractivity contribution is 0.119. The minimum Gasteiger partial charge on any atom is -0.459 e. The third-order valence-corrected chi connectivity index (χ3v) is 6.45. The molecule has 26 heavy (non-hydrogen) atoms. The predicted octanol–water partition coefficient (Wildman–Crippen LogP) is 2.86. The summed E-state index contributed by atoms with van der Waals surface area (Å²) in [5, 5.41) is 1.65. The van der Waals surface area contributed by atoms with E-state index in [1.807, 2.05) is 30.3 Å². The van der Waals surface area contributed by atoms with E-state index in [1.165, 1.54) is 4.31 Å². The van der Waals surface area contributed by atoms with Gasteiger partial charge >= 0.3 is 6.01 Å². The first-order valence-electron chi connectivity index (χ1n) is 8.56. The fraction of sp³-hybridized carbons (Fsp3) is 0.263. The first-order valence-corrected chi connectivity index (χ1v) is 10.0. The molecule has 7 heteroatoms. The highest BCUT2D eigenvalue weighted by Crippen LogP contribution is 2.28. The molecule has 3 aromatic rings. The second-order valence-corrected chi connectivity index (χ2v) is 8.16. The van der Waals surface area contributed by atoms with Crippen LogP contribution in [0.1, 0.15) is 12.8 Å². The van der Waals surface area contributed by atoms with Crippen LogP contribution >= 0.6 is 0 Å². The van der Waals surface area contributed by atoms with Crippen LogP contribution in [-0.2, 0) is 10.0 Å². The Morgan fingerprint density at radius 3 is 2.62 bits per heavy atom. The van der Waals surface area contributed by atoms with E-state index in [4.69, 9.17) is 4.74 Å². The van der Waals surface area contributed by atoms with E-state index >= 15 is 0 Å². The van der Waals surface area contributed by atoms with E-state index < -0.39 is 10.0 Å². The van der Waals surface area contributed by atoms with Crippen molar-refractivity contribution in [2.45, 2.75) is 23.8 Å². The fourth-order valence-corrected chi connectivity index (χ4v) is 5.00. The Morgan fingerprint density at radius 2 is 1.77 bits per heavy atom. The molecule has 0 aliphatic carbocycles. The predicted molar refractivity (Wildman–Crippen MR) is 98.4 cm³/mol. The number of ether oxygens (including phenoxy) is 1. The third kappa shape index (κ3) is 3.27. The van der Waals surface area contributed by atoms with Crippen LogP contribution in [0, 0.1) is 0 Å². The molecule has 1 unspecified atom stereocenters. The van der Waals surface area contributed by atoms with Crippen molar-refractivity contribution in [2.75, 3.05) is 13.1 Å². The summed E-state index contributed by atoms with van der Waals surface area (Å²) < 4.78 is 33.8. The molecule has 0 amide bonds. The molecule has 4 rings (SSSR count). The van der Waals surface area contributed by atoms with Gasteiger partial charge in [0, 0.05) is 24.3 Å². The van der Waals surface area contributed by atoms with Crippen LogP contribution in [0.5, 0.6) is 6.01 Å². The van der Waals surface area contributed by atoms with Gasteiger partial charge in [-0.3, -0.25) is 0 Å². The number of hydrogen-bond acceptors (Lipinski definition) is 5. The van der Waals surface area contributed by atoms with Gasteiger partial charge in [0.05, 0.1) is 11.4 Å². The van der Waals surface area contributed by atoms with Gasteiger partial charge in [0.1, 0.15) is 6.10 Å². The normalized spacial score (nSPS) is 18.7. The van der Waals surface area contributed by atoms with Crippen molar-refractivity contribution in [3.8, 4) is 6.01 Å². The molecule has 0 saturated carbocycles. The van der Waals surface area contributed by atoms with E-state index in [9.17, 15) is 8.42 Å². The highest BCUT2D eigenvalue weighted by Gasteiger charge is 2.32. The largest absolute Gasteiger partial charge is 0.459 e. The zero-order valence-corrected chi connectivity index (χ0v) is 15.0. The topological polar surface area (TPSA) is 72.4 Å². The maximum absolute atomic E-state index is 13.2. The van der Waals surface area contributed by atoms with Crippen molar-refractivity contribution in [1.29, 1.82) is 0 Å². The van der Waals surface area contributed by atoms with Crippen molar-refractivity contribution in [3.63, 3.8) is 0 Å². The standard InChI is InChI=1S/C19H19N3O3S/c23-26(24,18-10-3-7-15-6-1-2-9-17(15)18)22-13-4-8-16(14-22)25-19-20-11-5-12-21-19/h1-3,5-7,9-12,16H,4,8,13-14H2. The monoisotopic (exact) mass is 369 g/mol. The Kier molecular flexibility index (Phi) is 4.57. The Balaban J connectivity index is 1.61. The van der Waals surface area contributed by atoms with Gasteiger partial charge in [0.15, 0.2) is 0 Å². The van der Waals surface area contributed by atoms with E-state index in [2.05, 4.69) is 9.97 Å². The average Bonchev–Trinajstić information content (AvgIpc) is 2.68. The number of aromatic nitrogens is 2. The van der Waals surface area contributed by atoms with Crippen molar-refractivity contribution in [2.24, 2.45) is 0 Å². The number of benzene rings is 2. The van der Waals surface area contributed by atoms with E-state index in [0.29, 0.717) is 18.0 Å². The lowest BCUT2D eigenvalue weighted by Crippen LogP contribution is -2.44. The summed E-state index contributed by atoms with van der Waals surface area (Å²) in [7, 11) is -3.60. The second kappa shape index (κ2) is 7.01. The molecule has 6 nitrogen and oxygen atoms in total. The maximum Gasteiger partial charge on any atom is 0.316 e.